The van der Waals surface area contributed by atoms with Crippen LogP contribution in [0.3, 0.4) is 0 Å². The smallest absolute Gasteiger partial charge is 0.0971 e. The van der Waals surface area contributed by atoms with Crippen LogP contribution in [0, 0.1) is 0 Å². The van der Waals surface area contributed by atoms with Gasteiger partial charge in [0.25, 0.3) is 0 Å². The summed E-state index contributed by atoms with van der Waals surface area (Å²) in [6.45, 7) is 0. The van der Waals surface area contributed by atoms with Gasteiger partial charge in [0.05, 0.1) is 33.1 Å². The van der Waals surface area contributed by atoms with Gasteiger partial charge in [0.1, 0.15) is 0 Å². The molecule has 0 aliphatic rings. The molecule has 516 valence electrons. The second-order valence-electron chi connectivity index (χ2n) is 28.3. The monoisotopic (exact) mass is 1460 g/mol. The lowest BCUT2D eigenvalue weighted by atomic mass is 9.91. The zero-order valence-electron chi connectivity index (χ0n) is 59.5. The molecule has 0 N–H and O–H groups in total. The summed E-state index contributed by atoms with van der Waals surface area (Å²) in [6.07, 6.45) is 10.7. The first kappa shape index (κ1) is 64.4. The molecule has 0 amide bonds. The summed E-state index contributed by atoms with van der Waals surface area (Å²) in [6, 6.07) is 119. The third kappa shape index (κ3) is 11.0. The zero-order chi connectivity index (χ0) is 73.0. The van der Waals surface area contributed by atoms with Crippen LogP contribution in [0.2, 0.25) is 0 Å². The Morgan fingerprint density at radius 1 is 0.135 bits per heavy atom. The normalized spacial score (nSPS) is 11.8. The molecule has 0 atom stereocenters. The highest BCUT2D eigenvalue weighted by Gasteiger charge is 2.19. The van der Waals surface area contributed by atoms with Gasteiger partial charge in [-0.1, -0.05) is 249 Å². The molecule has 0 saturated carbocycles. The average molecular weight is 1470 g/mol. The van der Waals surface area contributed by atoms with Crippen molar-refractivity contribution in [3.63, 3.8) is 0 Å². The van der Waals surface area contributed by atoms with E-state index in [0.717, 1.165) is 65.4 Å². The molecule has 6 heterocycles. The van der Waals surface area contributed by atoms with E-state index in [1.807, 2.05) is 34.0 Å². The van der Waals surface area contributed by atoms with E-state index < -0.39 is 0 Å². The highest BCUT2D eigenvalue weighted by molar-refractivity contribution is 7.26. The number of nitrogens with zero attached hydrogens (tertiary/aromatic N) is 6. The Hall–Kier alpha value is -13.8. The van der Waals surface area contributed by atoms with E-state index in [1.54, 1.807) is 37.2 Å². The summed E-state index contributed by atoms with van der Waals surface area (Å²) in [5.74, 6) is 0. The van der Waals surface area contributed by atoms with E-state index in [4.69, 9.17) is 9.97 Å². The van der Waals surface area contributed by atoms with Gasteiger partial charge in [0.15, 0.2) is 0 Å². The van der Waals surface area contributed by atoms with Gasteiger partial charge in [-0.25, -0.2) is 0 Å². The molecule has 0 aliphatic carbocycles. The maximum Gasteiger partial charge on any atom is 0.0971 e. The van der Waals surface area contributed by atoms with Crippen molar-refractivity contribution in [2.45, 2.75) is 0 Å². The van der Waals surface area contributed by atoms with Gasteiger partial charge in [-0.15, -0.1) is 34.0 Å². The van der Waals surface area contributed by atoms with Gasteiger partial charge in [0, 0.05) is 130 Å². The molecule has 111 heavy (non-hydrogen) atoms. The van der Waals surface area contributed by atoms with Crippen LogP contribution in [-0.4, -0.2) is 29.9 Å². The minimum atomic E-state index is 0.950. The largest absolute Gasteiger partial charge is 0.252 e. The van der Waals surface area contributed by atoms with E-state index in [2.05, 4.69) is 348 Å². The van der Waals surface area contributed by atoms with Gasteiger partial charge in [-0.05, 0) is 178 Å². The SMILES string of the molecule is c1cc(-c2ccc3sc4ccccc4c3c2)cc(-c2ccc3c(c2)c2ccccc2c2nccnc32)c1.c1ccc(-c2ccc3c(c2)c2ccccc2c2nccnc32)c(-c2ccc3sc4ccccc4c3c2)c1.c1ccc2c(c1)sc1ccc(-c3ccc(-c4ccc5c(c4)c4ccccc4c4nccnc54)cc3)cc12. The molecule has 0 saturated heterocycles. The maximum absolute atomic E-state index is 4.71. The zero-order valence-corrected chi connectivity index (χ0v) is 62.0. The van der Waals surface area contributed by atoms with Crippen molar-refractivity contribution < 1.29 is 0 Å². The number of benzene rings is 18. The number of thiophene rings is 3. The molecular formula is C102H60N6S3. The summed E-state index contributed by atoms with van der Waals surface area (Å²) in [7, 11) is 0. The summed E-state index contributed by atoms with van der Waals surface area (Å²) < 4.78 is 8.00. The molecule has 0 spiro atoms. The number of hydrogen-bond donors (Lipinski definition) is 0. The van der Waals surface area contributed by atoms with Gasteiger partial charge < -0.3 is 0 Å². The van der Waals surface area contributed by atoms with Crippen LogP contribution in [0.5, 0.6) is 0 Å². The predicted octanol–water partition coefficient (Wildman–Crippen LogP) is 28.9. The lowest BCUT2D eigenvalue weighted by Crippen LogP contribution is -1.90. The third-order valence-corrected chi connectivity index (χ3v) is 25.6. The van der Waals surface area contributed by atoms with Gasteiger partial charge in [-0.3, -0.25) is 29.9 Å². The summed E-state index contributed by atoms with van der Waals surface area (Å²) in [5, 5.41) is 22.0. The van der Waals surface area contributed by atoms with Gasteiger partial charge in [0.2, 0.25) is 0 Å². The van der Waals surface area contributed by atoms with Crippen LogP contribution < -0.4 is 0 Å². The van der Waals surface area contributed by atoms with E-state index in [9.17, 15) is 0 Å². The molecule has 6 nitrogen and oxygen atoms in total. The highest BCUT2D eigenvalue weighted by Crippen LogP contribution is 2.45. The van der Waals surface area contributed by atoms with Crippen LogP contribution in [-0.2, 0) is 0 Å². The molecule has 0 unspecified atom stereocenters. The maximum atomic E-state index is 4.71. The van der Waals surface area contributed by atoms with Crippen molar-refractivity contribution in [2.75, 3.05) is 0 Å². The van der Waals surface area contributed by atoms with Crippen molar-refractivity contribution in [1.29, 1.82) is 0 Å². The Morgan fingerprint density at radius 3 is 0.721 bits per heavy atom. The Bertz CT molecular complexity index is 7830. The van der Waals surface area contributed by atoms with Gasteiger partial charge in [-0.2, -0.15) is 0 Å². The molecule has 0 radical (unpaired) electrons. The molecule has 0 fully saturated rings. The number of rotatable bonds is 6. The molecule has 6 aromatic heterocycles. The first-order valence-electron chi connectivity index (χ1n) is 37.2. The topological polar surface area (TPSA) is 77.3 Å². The van der Waals surface area contributed by atoms with Crippen LogP contribution in [0.1, 0.15) is 0 Å². The Labute approximate surface area is 648 Å². The second kappa shape index (κ2) is 26.6. The van der Waals surface area contributed by atoms with E-state index in [-0.39, 0.29) is 0 Å². The minimum Gasteiger partial charge on any atom is -0.252 e. The van der Waals surface area contributed by atoms with Crippen molar-refractivity contribution in [1.82, 2.24) is 29.9 Å². The summed E-state index contributed by atoms with van der Waals surface area (Å²) in [5.41, 5.74) is 20.4. The molecule has 24 aromatic rings. The van der Waals surface area contributed by atoms with Crippen LogP contribution in [0.25, 0.3) is 225 Å². The number of hydrogen-bond acceptors (Lipinski definition) is 9. The highest BCUT2D eigenvalue weighted by atomic mass is 32.1. The van der Waals surface area contributed by atoms with Crippen molar-refractivity contribution >= 4 is 192 Å². The number of fused-ring (bicyclic) bond motifs is 27. The Balaban J connectivity index is 0.000000102. The van der Waals surface area contributed by atoms with Crippen molar-refractivity contribution in [3.05, 3.63) is 365 Å². The fraction of sp³-hybridized carbons (Fsp3) is 0. The molecule has 24 rings (SSSR count). The fourth-order valence-electron chi connectivity index (χ4n) is 16.8. The van der Waals surface area contributed by atoms with Crippen LogP contribution in [0.4, 0.5) is 0 Å². The molecule has 18 aromatic carbocycles. The number of aromatic nitrogens is 6. The van der Waals surface area contributed by atoms with Crippen molar-refractivity contribution in [2.24, 2.45) is 0 Å². The minimum absolute atomic E-state index is 0.950. The third-order valence-electron chi connectivity index (χ3n) is 22.1. The van der Waals surface area contributed by atoms with Crippen LogP contribution >= 0.6 is 34.0 Å². The quantitative estimate of drug-likeness (QED) is 0.154. The van der Waals surface area contributed by atoms with Crippen LogP contribution in [0.15, 0.2) is 365 Å². The second-order valence-corrected chi connectivity index (χ2v) is 31.6. The first-order chi connectivity index (χ1) is 55.0. The van der Waals surface area contributed by atoms with Gasteiger partial charge >= 0.3 is 0 Å². The lowest BCUT2D eigenvalue weighted by molar-refractivity contribution is 1.31. The standard InChI is InChI=1S/3C34H20N2S/c1-2-10-27-25(8-1)29-19-23(12-14-28(29)34-33(27)35-16-17-36-34)21-6-5-7-22(18-21)24-13-15-32-30(20-24)26-9-3-4-11-31(26)37-32;1-2-8-24(22-14-16-32-30(20-22)26-10-5-6-12-31(26)37-32)23(7-1)21-13-15-28-29(19-21)25-9-3-4-11-27(25)33-34(28)36-18-17-35-33;1-2-7-27-25(5-1)29-19-23(13-15-28(29)34-33(27)35-17-18-36-34)21-9-11-22(12-10-21)24-14-16-32-30(20-24)26-6-3-4-8-31(26)37-32/h3*1-20H. The predicted molar refractivity (Wildman–Crippen MR) is 475 cm³/mol. The molecular weight excluding hydrogens is 1410 g/mol. The Morgan fingerprint density at radius 2 is 0.360 bits per heavy atom. The summed E-state index contributed by atoms with van der Waals surface area (Å²) in [4.78, 5) is 28.1. The van der Waals surface area contributed by atoms with E-state index in [0.29, 0.717) is 0 Å². The molecule has 0 aliphatic heterocycles. The van der Waals surface area contributed by atoms with E-state index >= 15 is 0 Å². The molecule has 0 bridgehead atoms. The summed E-state index contributed by atoms with van der Waals surface area (Å²) >= 11 is 5.58. The fourth-order valence-corrected chi connectivity index (χ4v) is 20.1. The Kier molecular flexibility index (Phi) is 15.4. The first-order valence-corrected chi connectivity index (χ1v) is 39.7. The van der Waals surface area contributed by atoms with E-state index in [1.165, 1.54) is 160 Å². The molecule has 9 heteroatoms. The average Bonchev–Trinajstić information content (AvgIpc) is 1.75. The van der Waals surface area contributed by atoms with Crippen molar-refractivity contribution in [3.8, 4) is 66.8 Å². The lowest BCUT2D eigenvalue weighted by Gasteiger charge is -2.13.